The van der Waals surface area contributed by atoms with Crippen molar-refractivity contribution in [3.63, 3.8) is 0 Å². The van der Waals surface area contributed by atoms with Crippen molar-refractivity contribution in [1.82, 2.24) is 19.9 Å². The van der Waals surface area contributed by atoms with Crippen LogP contribution in [0.5, 0.6) is 11.6 Å². The number of hydrogen-bond donors (Lipinski definition) is 2. The molecule has 4 aromatic rings. The van der Waals surface area contributed by atoms with Gasteiger partial charge in [0.1, 0.15) is 17.2 Å². The molecule has 11 nitrogen and oxygen atoms in total. The lowest BCUT2D eigenvalue weighted by Crippen LogP contribution is -2.47. The van der Waals surface area contributed by atoms with Crippen molar-refractivity contribution >= 4 is 38.5 Å². The highest BCUT2D eigenvalue weighted by atomic mass is 32.2. The number of benzene rings is 2. The largest absolute Gasteiger partial charge is 0.444 e. The molecule has 2 N–H and O–H groups in total. The number of nitrogens with zero attached hydrogens (tertiary/aromatic N) is 4. The van der Waals surface area contributed by atoms with Crippen LogP contribution in [0.3, 0.4) is 0 Å². The number of hydrogen-bond acceptors (Lipinski definition) is 9. The zero-order chi connectivity index (χ0) is 33.1. The van der Waals surface area contributed by atoms with Gasteiger partial charge < -0.3 is 19.7 Å². The number of aromatic nitrogens is 3. The predicted octanol–water partition coefficient (Wildman–Crippen LogP) is 6.89. The minimum absolute atomic E-state index is 0.0659. The number of aryl methyl sites for hydroxylation is 1. The molecule has 0 saturated carbocycles. The normalized spacial score (nSPS) is 15.4. The third-order valence-corrected chi connectivity index (χ3v) is 8.80. The minimum atomic E-state index is -3.74. The summed E-state index contributed by atoms with van der Waals surface area (Å²) >= 11 is 0. The van der Waals surface area contributed by atoms with Crippen molar-refractivity contribution in [3.05, 3.63) is 66.2 Å². The first kappa shape index (κ1) is 32.9. The lowest BCUT2D eigenvalue weighted by molar-refractivity contribution is 0.0206. The predicted molar refractivity (Wildman–Crippen MR) is 176 cm³/mol. The molecule has 46 heavy (non-hydrogen) atoms. The first-order valence-electron chi connectivity index (χ1n) is 15.3. The second-order valence-electron chi connectivity index (χ2n) is 12.3. The number of carbonyl (C=O) groups excluding carboxylic acids is 1. The van der Waals surface area contributed by atoms with Crippen LogP contribution < -0.4 is 14.8 Å². The Labute approximate surface area is 268 Å². The molecule has 244 valence electrons. The molecular formula is C33H39FN6O5S. The molecule has 0 aliphatic carbocycles. The lowest BCUT2D eigenvalue weighted by Gasteiger charge is -2.34. The van der Waals surface area contributed by atoms with Crippen molar-refractivity contribution in [2.24, 2.45) is 0 Å². The molecule has 0 radical (unpaired) electrons. The van der Waals surface area contributed by atoms with Crippen LogP contribution in [0.2, 0.25) is 0 Å². The highest BCUT2D eigenvalue weighted by Gasteiger charge is 2.28. The summed E-state index contributed by atoms with van der Waals surface area (Å²) in [6.07, 6.45) is 4.93. The molecule has 1 atom stereocenters. The van der Waals surface area contributed by atoms with Gasteiger partial charge in [-0.25, -0.2) is 32.6 Å². The van der Waals surface area contributed by atoms with Crippen molar-refractivity contribution in [1.29, 1.82) is 0 Å². The number of rotatable bonds is 9. The fourth-order valence-electron chi connectivity index (χ4n) is 5.29. The first-order chi connectivity index (χ1) is 21.8. The van der Waals surface area contributed by atoms with Crippen LogP contribution >= 0.6 is 0 Å². The second-order valence-corrected chi connectivity index (χ2v) is 14.1. The maximum atomic E-state index is 14.9. The summed E-state index contributed by atoms with van der Waals surface area (Å²) in [7, 11) is -3.74. The van der Waals surface area contributed by atoms with E-state index in [1.165, 1.54) is 6.07 Å². The van der Waals surface area contributed by atoms with Gasteiger partial charge in [0.15, 0.2) is 0 Å². The van der Waals surface area contributed by atoms with E-state index in [1.54, 1.807) is 54.5 Å². The van der Waals surface area contributed by atoms with Crippen LogP contribution in [0.4, 0.5) is 20.8 Å². The molecule has 0 unspecified atom stereocenters. The van der Waals surface area contributed by atoms with E-state index >= 15 is 0 Å². The van der Waals surface area contributed by atoms with Crippen LogP contribution in [-0.2, 0) is 14.8 Å². The zero-order valence-electron chi connectivity index (χ0n) is 26.6. The van der Waals surface area contributed by atoms with Gasteiger partial charge in [-0.15, -0.1) is 0 Å². The Morgan fingerprint density at radius 2 is 1.87 bits per heavy atom. The Balaban J connectivity index is 1.41. The molecule has 1 aliphatic heterocycles. The molecular weight excluding hydrogens is 611 g/mol. The summed E-state index contributed by atoms with van der Waals surface area (Å²) < 4.78 is 54.4. The Bertz CT molecular complexity index is 1850. The number of piperidine rings is 1. The van der Waals surface area contributed by atoms with E-state index in [1.807, 2.05) is 33.8 Å². The average Bonchev–Trinajstić information content (AvgIpc) is 2.99. The summed E-state index contributed by atoms with van der Waals surface area (Å²) in [6, 6.07) is 11.5. The molecule has 0 bridgehead atoms. The maximum Gasteiger partial charge on any atom is 0.410 e. The number of amides is 1. The van der Waals surface area contributed by atoms with E-state index in [9.17, 15) is 17.6 Å². The van der Waals surface area contributed by atoms with Gasteiger partial charge in [0, 0.05) is 42.3 Å². The van der Waals surface area contributed by atoms with Crippen molar-refractivity contribution in [2.45, 2.75) is 65.5 Å². The summed E-state index contributed by atoms with van der Waals surface area (Å²) in [5.41, 5.74) is 1.19. The van der Waals surface area contributed by atoms with E-state index in [0.717, 1.165) is 18.4 Å². The Kier molecular flexibility index (Phi) is 9.61. The summed E-state index contributed by atoms with van der Waals surface area (Å²) in [5.74, 6) is 0.241. The number of carbonyl (C=O) groups is 1. The molecule has 1 saturated heterocycles. The molecule has 3 heterocycles. The summed E-state index contributed by atoms with van der Waals surface area (Å²) in [5, 5.41) is 4.23. The molecule has 2 aromatic carbocycles. The number of nitrogens with one attached hydrogen (secondary N) is 2. The minimum Gasteiger partial charge on any atom is -0.444 e. The Morgan fingerprint density at radius 1 is 1.09 bits per heavy atom. The van der Waals surface area contributed by atoms with Crippen molar-refractivity contribution < 1.29 is 27.1 Å². The topological polar surface area (TPSA) is 136 Å². The fraction of sp³-hybridized carbons (Fsp3) is 0.394. The fourth-order valence-corrected chi connectivity index (χ4v) is 6.44. The zero-order valence-corrected chi connectivity index (χ0v) is 27.4. The number of pyridine rings is 1. The van der Waals surface area contributed by atoms with Gasteiger partial charge in [0.25, 0.3) is 0 Å². The summed E-state index contributed by atoms with van der Waals surface area (Å²) in [4.78, 5) is 28.0. The van der Waals surface area contributed by atoms with Gasteiger partial charge in [0.05, 0.1) is 22.7 Å². The van der Waals surface area contributed by atoms with Crippen molar-refractivity contribution in [3.8, 4) is 22.9 Å². The molecule has 1 amide bonds. The number of fused-ring (bicyclic) bond motifs is 1. The first-order valence-corrected chi connectivity index (χ1v) is 16.9. The number of likely N-dealkylation sites (tertiary alicyclic amines) is 1. The lowest BCUT2D eigenvalue weighted by atomic mass is 10.0. The SMILES string of the molecule is CCCS(=O)(=O)Nc1c(F)ccc2c(Oc3ncccc3-c3ccnc(N[C@@H]4CCCN(C(=O)OC(C)(C)C)C4)n3)c(C)ccc12. The molecule has 5 rings (SSSR count). The highest BCUT2D eigenvalue weighted by Crippen LogP contribution is 2.39. The molecule has 1 fully saturated rings. The van der Waals surface area contributed by atoms with E-state index in [0.29, 0.717) is 53.2 Å². The maximum absolute atomic E-state index is 14.9. The van der Waals surface area contributed by atoms with Gasteiger partial charge in [-0.2, -0.15) is 0 Å². The highest BCUT2D eigenvalue weighted by molar-refractivity contribution is 7.92. The van der Waals surface area contributed by atoms with Crippen LogP contribution in [0, 0.1) is 12.7 Å². The van der Waals surface area contributed by atoms with Gasteiger partial charge in [-0.1, -0.05) is 19.1 Å². The van der Waals surface area contributed by atoms with E-state index < -0.39 is 21.4 Å². The number of ether oxygens (including phenoxy) is 2. The van der Waals surface area contributed by atoms with E-state index in [-0.39, 0.29) is 29.5 Å². The second kappa shape index (κ2) is 13.5. The van der Waals surface area contributed by atoms with Gasteiger partial charge in [0.2, 0.25) is 21.9 Å². The van der Waals surface area contributed by atoms with Crippen molar-refractivity contribution in [2.75, 3.05) is 28.9 Å². The Hall–Kier alpha value is -4.52. The summed E-state index contributed by atoms with van der Waals surface area (Å²) in [6.45, 7) is 10.2. The standard InChI is InChI=1S/C33H39FN6O5S/c1-6-19-46(42,43)39-28-23-12-11-21(2)29(24(23)13-14-26(28)34)44-30-25(10-7-16-35-30)27-15-17-36-31(38-27)37-22-9-8-18-40(20-22)32(41)45-33(3,4)5/h7,10-17,22,39H,6,8-9,18-20H2,1-5H3,(H,36,37,38)/t22-/m1/s1. The quantitative estimate of drug-likeness (QED) is 0.198. The number of halogens is 1. The van der Waals surface area contributed by atoms with E-state index in [2.05, 4.69) is 20.0 Å². The van der Waals surface area contributed by atoms with Gasteiger partial charge >= 0.3 is 6.09 Å². The molecule has 2 aromatic heterocycles. The third-order valence-electron chi connectivity index (χ3n) is 7.34. The van der Waals surface area contributed by atoms with E-state index in [4.69, 9.17) is 14.5 Å². The third kappa shape index (κ3) is 7.82. The molecule has 13 heteroatoms. The molecule has 1 aliphatic rings. The molecule has 0 spiro atoms. The monoisotopic (exact) mass is 650 g/mol. The van der Waals surface area contributed by atoms with Gasteiger partial charge in [-0.3, -0.25) is 4.72 Å². The van der Waals surface area contributed by atoms with Crippen LogP contribution in [0.25, 0.3) is 22.0 Å². The average molecular weight is 651 g/mol. The van der Waals surface area contributed by atoms with Crippen LogP contribution in [0.1, 0.15) is 52.5 Å². The van der Waals surface area contributed by atoms with Crippen LogP contribution in [0.15, 0.2) is 54.9 Å². The number of sulfonamides is 1. The van der Waals surface area contributed by atoms with Gasteiger partial charge in [-0.05, 0) is 82.9 Å². The van der Waals surface area contributed by atoms with Crippen LogP contribution in [-0.4, -0.2) is 64.8 Å². The number of anilines is 2. The Morgan fingerprint density at radius 3 is 2.63 bits per heavy atom. The smallest absolute Gasteiger partial charge is 0.410 e.